The van der Waals surface area contributed by atoms with Crippen molar-refractivity contribution in [1.29, 1.82) is 0 Å². The van der Waals surface area contributed by atoms with Gasteiger partial charge in [-0.05, 0) is 48.9 Å². The first-order chi connectivity index (χ1) is 20.0. The summed E-state index contributed by atoms with van der Waals surface area (Å²) in [6, 6.07) is 2.20. The summed E-state index contributed by atoms with van der Waals surface area (Å²) in [4.78, 5) is 56.6. The Bertz CT molecular complexity index is 1770. The number of ether oxygens (including phenoxy) is 1. The second kappa shape index (κ2) is 9.88. The van der Waals surface area contributed by atoms with E-state index in [1.165, 1.54) is 15.5 Å². The molecule has 2 atom stereocenters. The zero-order chi connectivity index (χ0) is 30.1. The van der Waals surface area contributed by atoms with Crippen molar-refractivity contribution < 1.29 is 33.7 Å². The monoisotopic (exact) mass is 579 g/mol. The normalized spacial score (nSPS) is 20.0. The molecule has 13 heteroatoms. The Morgan fingerprint density at radius 2 is 2.05 bits per heavy atom. The number of pyridine rings is 2. The van der Waals surface area contributed by atoms with Gasteiger partial charge in [0, 0.05) is 35.7 Å². The van der Waals surface area contributed by atoms with Crippen LogP contribution in [0.3, 0.4) is 0 Å². The van der Waals surface area contributed by atoms with Gasteiger partial charge in [0.2, 0.25) is 5.91 Å². The molecule has 2 aromatic heterocycles. The third-order valence-corrected chi connectivity index (χ3v) is 8.83. The number of carboxylic acid groups (broad SMARTS) is 1. The molecule has 0 unspecified atom stereocenters. The number of carbonyl (C=O) groups is 3. The summed E-state index contributed by atoms with van der Waals surface area (Å²) >= 11 is 0. The lowest BCUT2D eigenvalue weighted by Gasteiger charge is -2.35. The van der Waals surface area contributed by atoms with Crippen LogP contribution in [-0.4, -0.2) is 62.3 Å². The predicted molar refractivity (Wildman–Crippen MR) is 147 cm³/mol. The molecule has 1 aromatic carbocycles. The lowest BCUT2D eigenvalue weighted by atomic mass is 9.81. The molecule has 2 amide bonds. The Kier molecular flexibility index (Phi) is 6.54. The van der Waals surface area contributed by atoms with Gasteiger partial charge >= 0.3 is 12.1 Å². The van der Waals surface area contributed by atoms with Crippen LogP contribution in [0.15, 0.2) is 16.9 Å². The van der Waals surface area contributed by atoms with E-state index in [0.717, 1.165) is 5.56 Å². The maximum atomic E-state index is 15.1. The third-order valence-electron chi connectivity index (χ3n) is 8.83. The highest BCUT2D eigenvalue weighted by Gasteiger charge is 2.46. The van der Waals surface area contributed by atoms with E-state index in [-0.39, 0.29) is 50.3 Å². The van der Waals surface area contributed by atoms with Gasteiger partial charge in [0.25, 0.3) is 5.56 Å². The Morgan fingerprint density at radius 3 is 2.74 bits per heavy atom. The average molecular weight is 580 g/mol. The molecule has 3 aliphatic rings. The van der Waals surface area contributed by atoms with Gasteiger partial charge in [-0.25, -0.2) is 19.0 Å². The number of nitrogens with two attached hydrogens (primary N) is 1. The molecule has 42 heavy (non-hydrogen) atoms. The van der Waals surface area contributed by atoms with Crippen LogP contribution in [0, 0.1) is 12.7 Å². The third kappa shape index (κ3) is 3.91. The molecule has 0 saturated carbocycles. The van der Waals surface area contributed by atoms with E-state index in [0.29, 0.717) is 51.8 Å². The summed E-state index contributed by atoms with van der Waals surface area (Å²) in [6.45, 7) is 2.86. The highest BCUT2D eigenvalue weighted by molar-refractivity contribution is 5.93. The Labute approximate surface area is 238 Å². The molecular weight excluding hydrogens is 549 g/mol. The molecule has 220 valence electrons. The molecule has 1 aliphatic carbocycles. The van der Waals surface area contributed by atoms with Gasteiger partial charge in [0.1, 0.15) is 12.4 Å². The van der Waals surface area contributed by atoms with Crippen molar-refractivity contribution in [3.05, 3.63) is 61.7 Å². The maximum Gasteiger partial charge on any atom is 0.407 e. The zero-order valence-electron chi connectivity index (χ0n) is 23.1. The SMILES string of the molecule is CC[C@@]1(O)C(=O)OCc2c1cc1n(c2=O)Cc2c-1nc1cc(F)c(C)c3c1c2[C@@H](N(CCNC(=O)CN)C(=O)O)CC3. The number of esters is 1. The summed E-state index contributed by atoms with van der Waals surface area (Å²) in [5.74, 6) is -1.71. The fourth-order valence-electron chi connectivity index (χ4n) is 6.61. The number of rotatable bonds is 6. The number of aliphatic hydroxyl groups is 1. The van der Waals surface area contributed by atoms with Crippen LogP contribution in [0.2, 0.25) is 0 Å². The molecule has 0 saturated heterocycles. The molecule has 5 N–H and O–H groups in total. The molecule has 2 aliphatic heterocycles. The average Bonchev–Trinajstić information content (AvgIpc) is 3.34. The van der Waals surface area contributed by atoms with Gasteiger partial charge in [0.05, 0.1) is 41.6 Å². The summed E-state index contributed by atoms with van der Waals surface area (Å²) < 4.78 is 21.7. The number of aryl methyl sites for hydroxylation is 1. The number of nitrogens with zero attached hydrogens (tertiary/aromatic N) is 3. The lowest BCUT2D eigenvalue weighted by molar-refractivity contribution is -0.172. The van der Waals surface area contributed by atoms with E-state index in [9.17, 15) is 29.4 Å². The van der Waals surface area contributed by atoms with Crippen LogP contribution < -0.4 is 16.6 Å². The molecule has 4 heterocycles. The fourth-order valence-corrected chi connectivity index (χ4v) is 6.61. The quantitative estimate of drug-likeness (QED) is 0.247. The first-order valence-corrected chi connectivity index (χ1v) is 13.8. The second-order valence-corrected chi connectivity index (χ2v) is 10.9. The number of carbonyl (C=O) groups excluding carboxylic acids is 2. The van der Waals surface area contributed by atoms with Crippen LogP contribution in [0.5, 0.6) is 0 Å². The number of hydrogen-bond acceptors (Lipinski definition) is 8. The van der Waals surface area contributed by atoms with E-state index >= 15 is 4.39 Å². The van der Waals surface area contributed by atoms with Crippen molar-refractivity contribution in [3.8, 4) is 11.4 Å². The molecule has 0 fully saturated rings. The molecule has 3 aromatic rings. The molecule has 0 bridgehead atoms. The molecular formula is C29H30FN5O7. The number of benzene rings is 1. The Morgan fingerprint density at radius 1 is 1.29 bits per heavy atom. The van der Waals surface area contributed by atoms with Crippen LogP contribution >= 0.6 is 0 Å². The van der Waals surface area contributed by atoms with Gasteiger partial charge < -0.3 is 30.6 Å². The minimum atomic E-state index is -2.01. The summed E-state index contributed by atoms with van der Waals surface area (Å²) in [7, 11) is 0. The molecule has 0 spiro atoms. The van der Waals surface area contributed by atoms with E-state index in [4.69, 9.17) is 15.5 Å². The van der Waals surface area contributed by atoms with Crippen LogP contribution in [0.4, 0.5) is 9.18 Å². The van der Waals surface area contributed by atoms with E-state index in [1.54, 1.807) is 19.9 Å². The van der Waals surface area contributed by atoms with Crippen LogP contribution in [0.25, 0.3) is 22.3 Å². The molecule has 0 radical (unpaired) electrons. The van der Waals surface area contributed by atoms with Gasteiger partial charge in [-0.15, -0.1) is 0 Å². The van der Waals surface area contributed by atoms with Crippen molar-refractivity contribution in [2.45, 2.75) is 57.9 Å². The first kappa shape index (κ1) is 27.8. The number of aromatic nitrogens is 2. The molecule has 12 nitrogen and oxygen atoms in total. The van der Waals surface area contributed by atoms with Crippen molar-refractivity contribution in [2.75, 3.05) is 19.6 Å². The van der Waals surface area contributed by atoms with Crippen molar-refractivity contribution >= 4 is 28.9 Å². The Hall–Kier alpha value is -4.36. The minimum Gasteiger partial charge on any atom is -0.465 e. The number of hydrogen-bond donors (Lipinski definition) is 4. The summed E-state index contributed by atoms with van der Waals surface area (Å²) in [5, 5.41) is 24.7. The zero-order valence-corrected chi connectivity index (χ0v) is 23.1. The van der Waals surface area contributed by atoms with Crippen molar-refractivity contribution in [1.82, 2.24) is 19.8 Å². The van der Waals surface area contributed by atoms with Gasteiger partial charge in [-0.1, -0.05) is 6.92 Å². The first-order valence-electron chi connectivity index (χ1n) is 13.8. The van der Waals surface area contributed by atoms with Gasteiger partial charge in [-0.2, -0.15) is 0 Å². The van der Waals surface area contributed by atoms with Crippen LogP contribution in [-0.2, 0) is 39.5 Å². The standard InChI is InChI=1S/C29H30FN5O7/c1-3-29(41)17-8-21-25-15(11-35(21)26(37)16(17)12-42-27(29)38)24-20(34(28(39)40)7-6-32-22(36)10-31)5-4-14-13(2)18(30)9-19(33-25)23(14)24/h8-9,20,41H,3-7,10-12,31H2,1-2H3,(H,32,36)(H,39,40)/t20-,29-/m0/s1. The van der Waals surface area contributed by atoms with Crippen molar-refractivity contribution in [2.24, 2.45) is 5.73 Å². The van der Waals surface area contributed by atoms with E-state index in [1.807, 2.05) is 0 Å². The van der Waals surface area contributed by atoms with Gasteiger partial charge in [0.15, 0.2) is 5.60 Å². The summed E-state index contributed by atoms with van der Waals surface area (Å²) in [6.07, 6.45) is -0.467. The Balaban J connectivity index is 1.58. The number of amides is 2. The minimum absolute atomic E-state index is 0.0187. The fraction of sp³-hybridized carbons (Fsp3) is 0.414. The molecule has 6 rings (SSSR count). The maximum absolute atomic E-state index is 15.1. The highest BCUT2D eigenvalue weighted by Crippen LogP contribution is 2.47. The topological polar surface area (TPSA) is 177 Å². The van der Waals surface area contributed by atoms with Gasteiger partial charge in [-0.3, -0.25) is 14.5 Å². The highest BCUT2D eigenvalue weighted by atomic mass is 19.1. The second-order valence-electron chi connectivity index (χ2n) is 10.9. The smallest absolute Gasteiger partial charge is 0.407 e. The van der Waals surface area contributed by atoms with Crippen LogP contribution in [0.1, 0.15) is 59.2 Å². The largest absolute Gasteiger partial charge is 0.465 e. The number of cyclic esters (lactones) is 1. The van der Waals surface area contributed by atoms with Crippen molar-refractivity contribution in [3.63, 3.8) is 0 Å². The van der Waals surface area contributed by atoms with E-state index in [2.05, 4.69) is 5.32 Å². The summed E-state index contributed by atoms with van der Waals surface area (Å²) in [5.41, 5.74) is 6.66. The number of nitrogens with one attached hydrogen (secondary N) is 1. The van der Waals surface area contributed by atoms with E-state index < -0.39 is 41.0 Å². The lowest BCUT2D eigenvalue weighted by Crippen LogP contribution is -2.44. The number of halogens is 1. The predicted octanol–water partition coefficient (Wildman–Crippen LogP) is 1.57. The number of fused-ring (bicyclic) bond motifs is 5.